The molecule has 1 aliphatic carbocycles. The molecule has 0 aliphatic heterocycles. The first kappa shape index (κ1) is 10.8. The van der Waals surface area contributed by atoms with Crippen LogP contribution in [0.1, 0.15) is 38.7 Å². The van der Waals surface area contributed by atoms with Gasteiger partial charge in [0.25, 0.3) is 0 Å². The molecular formula is C15H19NO. The maximum Gasteiger partial charge on any atom is 0.0908 e. The van der Waals surface area contributed by atoms with Gasteiger partial charge >= 0.3 is 0 Å². The Balaban J connectivity index is 2.13. The molecule has 2 nitrogen and oxygen atoms in total. The summed E-state index contributed by atoms with van der Waals surface area (Å²) in [6, 6.07) is 8.21. The van der Waals surface area contributed by atoms with Gasteiger partial charge in [-0.25, -0.2) is 0 Å². The maximum atomic E-state index is 10.9. The lowest BCUT2D eigenvalue weighted by atomic mass is 9.84. The summed E-state index contributed by atoms with van der Waals surface area (Å²) < 4.78 is 0. The van der Waals surface area contributed by atoms with Crippen molar-refractivity contribution in [1.29, 1.82) is 0 Å². The Bertz CT molecular complexity index is 555. The fourth-order valence-electron chi connectivity index (χ4n) is 3.23. The van der Waals surface area contributed by atoms with Crippen LogP contribution in [-0.2, 0) is 5.60 Å². The Morgan fingerprint density at radius 1 is 1.18 bits per heavy atom. The molecule has 2 heteroatoms. The minimum Gasteiger partial charge on any atom is -0.385 e. The summed E-state index contributed by atoms with van der Waals surface area (Å²) in [6.45, 7) is 4.48. The SMILES string of the molecule is CC1(C)CCC(O)(c2cccc3[nH]ccc23)C1. The fourth-order valence-corrected chi connectivity index (χ4v) is 3.23. The number of aromatic amines is 1. The minimum absolute atomic E-state index is 0.243. The van der Waals surface area contributed by atoms with Crippen molar-refractivity contribution in [3.05, 3.63) is 36.0 Å². The van der Waals surface area contributed by atoms with Crippen LogP contribution in [0.15, 0.2) is 30.5 Å². The molecule has 17 heavy (non-hydrogen) atoms. The summed E-state index contributed by atoms with van der Waals surface area (Å²) in [6.07, 6.45) is 4.75. The van der Waals surface area contributed by atoms with E-state index in [1.165, 1.54) is 0 Å². The molecule has 1 fully saturated rings. The van der Waals surface area contributed by atoms with Crippen molar-refractivity contribution in [3.8, 4) is 0 Å². The van der Waals surface area contributed by atoms with Crippen LogP contribution in [0.5, 0.6) is 0 Å². The summed E-state index contributed by atoms with van der Waals surface area (Å²) in [7, 11) is 0. The lowest BCUT2D eigenvalue weighted by molar-refractivity contribution is 0.0353. The Morgan fingerprint density at radius 3 is 2.71 bits per heavy atom. The van der Waals surface area contributed by atoms with Crippen molar-refractivity contribution >= 4 is 10.9 Å². The van der Waals surface area contributed by atoms with Crippen molar-refractivity contribution in [2.75, 3.05) is 0 Å². The number of aromatic nitrogens is 1. The zero-order chi connectivity index (χ0) is 12.1. The van der Waals surface area contributed by atoms with Crippen LogP contribution in [0.25, 0.3) is 10.9 Å². The first-order chi connectivity index (χ1) is 8.00. The van der Waals surface area contributed by atoms with E-state index < -0.39 is 5.60 Å². The normalized spacial score (nSPS) is 27.7. The number of benzene rings is 1. The molecule has 1 saturated carbocycles. The number of aliphatic hydroxyl groups is 1. The van der Waals surface area contributed by atoms with E-state index in [9.17, 15) is 5.11 Å². The number of nitrogens with one attached hydrogen (secondary N) is 1. The number of fused-ring (bicyclic) bond motifs is 1. The third-order valence-corrected chi connectivity index (χ3v) is 4.08. The molecule has 2 N–H and O–H groups in total. The highest BCUT2D eigenvalue weighted by molar-refractivity contribution is 5.83. The summed E-state index contributed by atoms with van der Waals surface area (Å²) in [5.74, 6) is 0. The van der Waals surface area contributed by atoms with Crippen molar-refractivity contribution in [2.45, 2.75) is 38.7 Å². The summed E-state index contributed by atoms with van der Waals surface area (Å²) in [4.78, 5) is 3.21. The highest BCUT2D eigenvalue weighted by Crippen LogP contribution is 2.50. The van der Waals surface area contributed by atoms with Gasteiger partial charge in [0.15, 0.2) is 0 Å². The van der Waals surface area contributed by atoms with Gasteiger partial charge in [-0.3, -0.25) is 0 Å². The van der Waals surface area contributed by atoms with Crippen LogP contribution >= 0.6 is 0 Å². The number of H-pyrrole nitrogens is 1. The molecule has 0 amide bonds. The van der Waals surface area contributed by atoms with Gasteiger partial charge in [0.1, 0.15) is 0 Å². The van der Waals surface area contributed by atoms with Crippen LogP contribution in [-0.4, -0.2) is 10.1 Å². The van der Waals surface area contributed by atoms with Gasteiger partial charge in [-0.05, 0) is 42.4 Å². The van der Waals surface area contributed by atoms with E-state index in [0.717, 1.165) is 35.7 Å². The summed E-state index contributed by atoms with van der Waals surface area (Å²) in [5, 5.41) is 12.1. The Hall–Kier alpha value is -1.28. The van der Waals surface area contributed by atoms with Crippen molar-refractivity contribution in [2.24, 2.45) is 5.41 Å². The van der Waals surface area contributed by atoms with Crippen LogP contribution in [0, 0.1) is 5.41 Å². The molecule has 90 valence electrons. The van der Waals surface area contributed by atoms with Gasteiger partial charge < -0.3 is 10.1 Å². The first-order valence-corrected chi connectivity index (χ1v) is 6.29. The molecule has 1 aromatic carbocycles. The van der Waals surface area contributed by atoms with E-state index in [4.69, 9.17) is 0 Å². The molecule has 1 aliphatic rings. The van der Waals surface area contributed by atoms with Gasteiger partial charge in [0, 0.05) is 17.1 Å². The molecule has 0 bridgehead atoms. The molecule has 0 spiro atoms. The molecule has 0 radical (unpaired) electrons. The van der Waals surface area contributed by atoms with Gasteiger partial charge in [-0.1, -0.05) is 26.0 Å². The second kappa shape index (κ2) is 3.36. The fraction of sp³-hybridized carbons (Fsp3) is 0.467. The van der Waals surface area contributed by atoms with Crippen molar-refractivity contribution in [3.63, 3.8) is 0 Å². The molecule has 0 saturated heterocycles. The molecule has 1 aromatic heterocycles. The lowest BCUT2D eigenvalue weighted by Crippen LogP contribution is -2.23. The Labute approximate surface area is 102 Å². The maximum absolute atomic E-state index is 10.9. The highest BCUT2D eigenvalue weighted by Gasteiger charge is 2.43. The predicted molar refractivity (Wildman–Crippen MR) is 69.8 cm³/mol. The highest BCUT2D eigenvalue weighted by atomic mass is 16.3. The van der Waals surface area contributed by atoms with Crippen LogP contribution in [0.3, 0.4) is 0 Å². The second-order valence-electron chi connectivity index (χ2n) is 6.12. The standard InChI is InChI=1S/C15H19NO/c1-14(2)7-8-15(17,10-14)12-4-3-5-13-11(12)6-9-16-13/h3-6,9,16-17H,7-8,10H2,1-2H3. The molecule has 1 heterocycles. The molecule has 1 atom stereocenters. The topological polar surface area (TPSA) is 36.0 Å². The molecule has 3 rings (SSSR count). The van der Waals surface area contributed by atoms with E-state index in [2.05, 4.69) is 37.0 Å². The summed E-state index contributed by atoms with van der Waals surface area (Å²) >= 11 is 0. The van der Waals surface area contributed by atoms with E-state index in [1.54, 1.807) is 0 Å². The molecule has 1 unspecified atom stereocenters. The smallest absolute Gasteiger partial charge is 0.0908 e. The quantitative estimate of drug-likeness (QED) is 0.770. The summed E-state index contributed by atoms with van der Waals surface area (Å²) in [5.41, 5.74) is 1.79. The van der Waals surface area contributed by atoms with E-state index in [-0.39, 0.29) is 5.41 Å². The first-order valence-electron chi connectivity index (χ1n) is 6.29. The Morgan fingerprint density at radius 2 is 2.00 bits per heavy atom. The molecule has 2 aromatic rings. The largest absolute Gasteiger partial charge is 0.385 e. The third-order valence-electron chi connectivity index (χ3n) is 4.08. The van der Waals surface area contributed by atoms with Gasteiger partial charge in [0.2, 0.25) is 0 Å². The zero-order valence-electron chi connectivity index (χ0n) is 10.5. The lowest BCUT2D eigenvalue weighted by Gasteiger charge is -2.26. The number of hydrogen-bond acceptors (Lipinski definition) is 1. The van der Waals surface area contributed by atoms with Crippen molar-refractivity contribution in [1.82, 2.24) is 4.98 Å². The van der Waals surface area contributed by atoms with E-state index in [0.29, 0.717) is 0 Å². The minimum atomic E-state index is -0.648. The molecular weight excluding hydrogens is 210 g/mol. The van der Waals surface area contributed by atoms with E-state index >= 15 is 0 Å². The van der Waals surface area contributed by atoms with Gasteiger partial charge in [-0.2, -0.15) is 0 Å². The van der Waals surface area contributed by atoms with Crippen LogP contribution in [0.4, 0.5) is 0 Å². The Kier molecular flexibility index (Phi) is 2.14. The van der Waals surface area contributed by atoms with Gasteiger partial charge in [0.05, 0.1) is 5.60 Å². The second-order valence-corrected chi connectivity index (χ2v) is 6.12. The average molecular weight is 229 g/mol. The zero-order valence-corrected chi connectivity index (χ0v) is 10.5. The van der Waals surface area contributed by atoms with Crippen LogP contribution in [0.2, 0.25) is 0 Å². The van der Waals surface area contributed by atoms with Gasteiger partial charge in [-0.15, -0.1) is 0 Å². The average Bonchev–Trinajstić information content (AvgIpc) is 2.82. The van der Waals surface area contributed by atoms with Crippen LogP contribution < -0.4 is 0 Å². The van der Waals surface area contributed by atoms with Crippen molar-refractivity contribution < 1.29 is 5.11 Å². The number of hydrogen-bond donors (Lipinski definition) is 2. The predicted octanol–water partition coefficient (Wildman–Crippen LogP) is 3.57. The monoisotopic (exact) mass is 229 g/mol. The number of rotatable bonds is 1. The van der Waals surface area contributed by atoms with E-state index in [1.807, 2.05) is 12.3 Å². The third kappa shape index (κ3) is 1.67.